The van der Waals surface area contributed by atoms with Crippen LogP contribution >= 0.6 is 0 Å². The second kappa shape index (κ2) is 6.06. The van der Waals surface area contributed by atoms with Crippen molar-refractivity contribution in [1.82, 2.24) is 9.62 Å². The van der Waals surface area contributed by atoms with Crippen LogP contribution in [0.2, 0.25) is 0 Å². The molecule has 1 fully saturated rings. The molecule has 0 saturated carbocycles. The summed E-state index contributed by atoms with van der Waals surface area (Å²) in [5, 5.41) is 11.8. The number of amides is 2. The molecule has 0 aliphatic carbocycles. The van der Waals surface area contributed by atoms with E-state index in [0.29, 0.717) is 0 Å². The zero-order valence-corrected chi connectivity index (χ0v) is 15.0. The summed E-state index contributed by atoms with van der Waals surface area (Å²) in [6, 6.07) is 3.11. The van der Waals surface area contributed by atoms with Crippen LogP contribution in [0.3, 0.4) is 0 Å². The van der Waals surface area contributed by atoms with Crippen molar-refractivity contribution in [3.63, 3.8) is 0 Å². The third-order valence-corrected chi connectivity index (χ3v) is 6.46. The number of carbonyl (C=O) groups is 3. The van der Waals surface area contributed by atoms with Gasteiger partial charge in [-0.2, -0.15) is 0 Å². The van der Waals surface area contributed by atoms with Crippen molar-refractivity contribution in [1.29, 1.82) is 0 Å². The largest absolute Gasteiger partial charge is 0.479 e. The third-order valence-electron chi connectivity index (χ3n) is 4.46. The van der Waals surface area contributed by atoms with Crippen molar-refractivity contribution >= 4 is 27.8 Å². The van der Waals surface area contributed by atoms with Gasteiger partial charge in [-0.25, -0.2) is 17.5 Å². The molecule has 1 unspecified atom stereocenters. The number of nitrogens with one attached hydrogen (secondary N) is 1. The van der Waals surface area contributed by atoms with Gasteiger partial charge in [0.05, 0.1) is 12.2 Å². The van der Waals surface area contributed by atoms with Gasteiger partial charge in [0.2, 0.25) is 0 Å². The van der Waals surface area contributed by atoms with Gasteiger partial charge in [0.25, 0.3) is 21.8 Å². The molecule has 1 saturated heterocycles. The van der Waals surface area contributed by atoms with Gasteiger partial charge in [-0.1, -0.05) is 0 Å². The van der Waals surface area contributed by atoms with Crippen molar-refractivity contribution in [2.75, 3.05) is 13.2 Å². The Bertz CT molecular complexity index is 901. The molecule has 26 heavy (non-hydrogen) atoms. The van der Waals surface area contributed by atoms with Gasteiger partial charge in [-0.05, 0) is 32.0 Å². The topological polar surface area (TPSA) is 130 Å². The maximum atomic E-state index is 12.6. The van der Waals surface area contributed by atoms with E-state index in [1.54, 1.807) is 13.8 Å². The molecule has 2 aliphatic heterocycles. The van der Waals surface area contributed by atoms with Crippen LogP contribution in [0.1, 0.15) is 41.0 Å². The van der Waals surface area contributed by atoms with Gasteiger partial charge in [-0.15, -0.1) is 0 Å². The van der Waals surface area contributed by atoms with Gasteiger partial charge in [0.15, 0.2) is 5.54 Å². The molecular formula is C16H18N2O7S. The van der Waals surface area contributed by atoms with E-state index < -0.39 is 39.4 Å². The van der Waals surface area contributed by atoms with E-state index in [1.807, 2.05) is 0 Å². The lowest BCUT2D eigenvalue weighted by atomic mass is 9.98. The summed E-state index contributed by atoms with van der Waals surface area (Å²) in [7, 11) is -4.05. The molecule has 0 bridgehead atoms. The Morgan fingerprint density at radius 3 is 2.58 bits per heavy atom. The van der Waals surface area contributed by atoms with E-state index in [2.05, 4.69) is 5.32 Å². The molecule has 0 spiro atoms. The van der Waals surface area contributed by atoms with Crippen molar-refractivity contribution in [2.24, 2.45) is 0 Å². The number of rotatable bonds is 4. The van der Waals surface area contributed by atoms with Gasteiger partial charge < -0.3 is 15.2 Å². The number of benzene rings is 1. The SMILES string of the molecule is CC(C)N1C(=O)c2ccc(C(=O)NC3(C(=O)O)CCOC3)cc2S1(=O)=O. The first kappa shape index (κ1) is 18.3. The minimum Gasteiger partial charge on any atom is -0.479 e. The highest BCUT2D eigenvalue weighted by atomic mass is 32.2. The first-order valence-corrected chi connectivity index (χ1v) is 9.41. The summed E-state index contributed by atoms with van der Waals surface area (Å²) in [5.74, 6) is -2.61. The molecule has 0 aromatic heterocycles. The van der Waals surface area contributed by atoms with E-state index >= 15 is 0 Å². The Morgan fingerprint density at radius 2 is 2.04 bits per heavy atom. The van der Waals surface area contributed by atoms with Crippen LogP contribution in [0.15, 0.2) is 23.1 Å². The van der Waals surface area contributed by atoms with Crippen molar-refractivity contribution < 1.29 is 32.6 Å². The number of ether oxygens (including phenoxy) is 1. The van der Waals surface area contributed by atoms with E-state index in [1.165, 1.54) is 12.1 Å². The highest BCUT2D eigenvalue weighted by Gasteiger charge is 2.45. The van der Waals surface area contributed by atoms with Gasteiger partial charge in [0.1, 0.15) is 4.90 Å². The maximum absolute atomic E-state index is 12.6. The number of fused-ring (bicyclic) bond motifs is 1. The van der Waals surface area contributed by atoms with E-state index in [9.17, 15) is 27.9 Å². The number of hydrogen-bond donors (Lipinski definition) is 2. The fourth-order valence-electron chi connectivity index (χ4n) is 3.07. The van der Waals surface area contributed by atoms with Crippen molar-refractivity contribution in [2.45, 2.75) is 36.7 Å². The maximum Gasteiger partial charge on any atom is 0.331 e. The summed E-state index contributed by atoms with van der Waals surface area (Å²) in [6.45, 7) is 3.18. The molecule has 10 heteroatoms. The molecule has 0 radical (unpaired) electrons. The molecule has 1 aromatic carbocycles. The summed E-state index contributed by atoms with van der Waals surface area (Å²) in [4.78, 5) is 36.0. The summed E-state index contributed by atoms with van der Waals surface area (Å²) >= 11 is 0. The lowest BCUT2D eigenvalue weighted by Crippen LogP contribution is -2.55. The van der Waals surface area contributed by atoms with Crippen LogP contribution in [-0.2, 0) is 19.6 Å². The highest BCUT2D eigenvalue weighted by molar-refractivity contribution is 7.90. The molecule has 2 aliphatic rings. The van der Waals surface area contributed by atoms with Crippen LogP contribution in [0.5, 0.6) is 0 Å². The second-order valence-electron chi connectivity index (χ2n) is 6.55. The lowest BCUT2D eigenvalue weighted by Gasteiger charge is -2.23. The first-order valence-electron chi connectivity index (χ1n) is 7.97. The summed E-state index contributed by atoms with van der Waals surface area (Å²) in [5.41, 5.74) is -1.60. The number of carbonyl (C=O) groups excluding carboxylic acids is 2. The predicted octanol–water partition coefficient (Wildman–Crippen LogP) is 0.213. The fraction of sp³-hybridized carbons (Fsp3) is 0.438. The summed E-state index contributed by atoms with van der Waals surface area (Å²) < 4.78 is 31.0. The minimum absolute atomic E-state index is 0.00704. The smallest absolute Gasteiger partial charge is 0.331 e. The lowest BCUT2D eigenvalue weighted by molar-refractivity contribution is -0.144. The molecule has 1 aromatic rings. The average molecular weight is 382 g/mol. The predicted molar refractivity (Wildman–Crippen MR) is 88.2 cm³/mol. The van der Waals surface area contributed by atoms with E-state index in [-0.39, 0.29) is 35.7 Å². The Balaban J connectivity index is 1.96. The third kappa shape index (κ3) is 2.65. The molecule has 140 valence electrons. The van der Waals surface area contributed by atoms with Crippen LogP contribution in [0.4, 0.5) is 0 Å². The molecule has 9 nitrogen and oxygen atoms in total. The highest BCUT2D eigenvalue weighted by Crippen LogP contribution is 2.32. The normalized spacial score (nSPS) is 24.0. The van der Waals surface area contributed by atoms with Gasteiger partial charge in [0, 0.05) is 24.6 Å². The molecule has 2 heterocycles. The van der Waals surface area contributed by atoms with Gasteiger partial charge >= 0.3 is 5.97 Å². The Labute approximate surface area is 150 Å². The Morgan fingerprint density at radius 1 is 1.35 bits per heavy atom. The zero-order chi connectivity index (χ0) is 19.3. The number of hydrogen-bond acceptors (Lipinski definition) is 6. The molecule has 1 atom stereocenters. The number of carboxylic acid groups (broad SMARTS) is 1. The number of nitrogens with zero attached hydrogens (tertiary/aromatic N) is 1. The van der Waals surface area contributed by atoms with Crippen LogP contribution < -0.4 is 5.32 Å². The Kier molecular flexibility index (Phi) is 4.27. The number of aliphatic carboxylic acids is 1. The number of carboxylic acids is 1. The Hall–Kier alpha value is -2.46. The van der Waals surface area contributed by atoms with E-state index in [4.69, 9.17) is 4.74 Å². The van der Waals surface area contributed by atoms with Crippen molar-refractivity contribution in [3.8, 4) is 0 Å². The molecule has 2 N–H and O–H groups in total. The van der Waals surface area contributed by atoms with Crippen LogP contribution in [-0.4, -0.2) is 60.4 Å². The minimum atomic E-state index is -4.05. The quantitative estimate of drug-likeness (QED) is 0.761. The zero-order valence-electron chi connectivity index (χ0n) is 14.2. The number of sulfonamides is 1. The van der Waals surface area contributed by atoms with E-state index in [0.717, 1.165) is 10.4 Å². The molecule has 3 rings (SSSR count). The molecular weight excluding hydrogens is 364 g/mol. The first-order chi connectivity index (χ1) is 12.1. The van der Waals surface area contributed by atoms with Crippen molar-refractivity contribution in [3.05, 3.63) is 29.3 Å². The van der Waals surface area contributed by atoms with Gasteiger partial charge in [-0.3, -0.25) is 9.59 Å². The standard InChI is InChI=1S/C16H18N2O7S/c1-9(2)18-14(20)11-4-3-10(7-12(11)26(18,23)24)13(19)17-16(15(21)22)5-6-25-8-16/h3-4,7,9H,5-6,8H2,1-2H3,(H,17,19)(H,21,22). The van der Waals surface area contributed by atoms with Crippen LogP contribution in [0.25, 0.3) is 0 Å². The average Bonchev–Trinajstić information content (AvgIpc) is 3.10. The summed E-state index contributed by atoms with van der Waals surface area (Å²) in [6.07, 6.45) is 0.108. The van der Waals surface area contributed by atoms with Crippen LogP contribution in [0, 0.1) is 0 Å². The molecule has 2 amide bonds. The second-order valence-corrected chi connectivity index (χ2v) is 8.34. The monoisotopic (exact) mass is 382 g/mol. The fourth-order valence-corrected chi connectivity index (χ4v) is 4.87.